The van der Waals surface area contributed by atoms with Crippen LogP contribution in [0.25, 0.3) is 0 Å². The van der Waals surface area contributed by atoms with E-state index in [9.17, 15) is 15.0 Å². The molecule has 1 aliphatic heterocycles. The number of phenols is 1. The number of carbonyl (C=O) groups excluding carboxylic acids is 1. The minimum absolute atomic E-state index is 0.0394. The number of hydrogen-bond acceptors (Lipinski definition) is 8. The van der Waals surface area contributed by atoms with Crippen LogP contribution in [-0.2, 0) is 16.0 Å². The first-order valence-electron chi connectivity index (χ1n) is 10.1. The van der Waals surface area contributed by atoms with Crippen molar-refractivity contribution in [3.8, 4) is 28.7 Å². The van der Waals surface area contributed by atoms with E-state index in [1.807, 2.05) is 26.0 Å². The van der Waals surface area contributed by atoms with Crippen molar-refractivity contribution >= 4 is 6.47 Å². The van der Waals surface area contributed by atoms with E-state index in [1.165, 1.54) is 14.2 Å². The third-order valence-electron chi connectivity index (χ3n) is 4.96. The lowest BCUT2D eigenvalue weighted by atomic mass is 9.81. The van der Waals surface area contributed by atoms with Gasteiger partial charge in [0.05, 0.1) is 26.9 Å². The van der Waals surface area contributed by atoms with Crippen LogP contribution in [-0.4, -0.2) is 44.3 Å². The van der Waals surface area contributed by atoms with E-state index in [0.717, 1.165) is 29.7 Å². The van der Waals surface area contributed by atoms with Crippen molar-refractivity contribution in [2.75, 3.05) is 27.6 Å². The Hall–Kier alpha value is -3.13. The van der Waals surface area contributed by atoms with Crippen molar-refractivity contribution in [2.45, 2.75) is 32.8 Å². The molecular weight excluding hydrogens is 404 g/mol. The lowest BCUT2D eigenvalue weighted by molar-refractivity contribution is -0.131. The van der Waals surface area contributed by atoms with Gasteiger partial charge < -0.3 is 33.9 Å². The molecule has 0 radical (unpaired) electrons. The predicted octanol–water partition coefficient (Wildman–Crippen LogP) is 3.62. The fourth-order valence-electron chi connectivity index (χ4n) is 3.41. The molecule has 0 saturated carbocycles. The molecule has 0 fully saturated rings. The highest BCUT2D eigenvalue weighted by Gasteiger charge is 2.31. The molecule has 170 valence electrons. The van der Waals surface area contributed by atoms with Crippen molar-refractivity contribution in [1.29, 1.82) is 0 Å². The monoisotopic (exact) mass is 434 g/mol. The highest BCUT2D eigenvalue weighted by atomic mass is 16.7. The number of methoxy groups -OCH3 is 2. The molecule has 1 aliphatic carbocycles. The second-order valence-corrected chi connectivity index (χ2v) is 6.59. The largest absolute Gasteiger partial charge is 0.502 e. The number of benzene rings is 2. The Labute approximate surface area is 182 Å². The average molecular weight is 434 g/mol. The number of fused-ring (bicyclic) bond motifs is 2. The minimum atomic E-state index is -0.622. The third kappa shape index (κ3) is 5.73. The van der Waals surface area contributed by atoms with Gasteiger partial charge in [-0.3, -0.25) is 4.79 Å². The van der Waals surface area contributed by atoms with Crippen LogP contribution in [0.3, 0.4) is 0 Å². The Bertz CT molecular complexity index is 829. The molecule has 31 heavy (non-hydrogen) atoms. The van der Waals surface area contributed by atoms with E-state index < -0.39 is 6.10 Å². The molecular formula is C23H30O8. The molecule has 2 N–H and O–H groups in total. The average Bonchev–Trinajstić information content (AvgIpc) is 3.27. The molecule has 0 amide bonds. The van der Waals surface area contributed by atoms with Gasteiger partial charge >= 0.3 is 0 Å². The topological polar surface area (TPSA) is 104 Å². The maximum atomic E-state index is 10.3. The Balaban J connectivity index is 0.000000226. The number of ether oxygens (including phenoxy) is 5. The van der Waals surface area contributed by atoms with E-state index >= 15 is 0 Å². The Morgan fingerprint density at radius 1 is 1.10 bits per heavy atom. The van der Waals surface area contributed by atoms with Gasteiger partial charge in [0.15, 0.2) is 23.0 Å². The first kappa shape index (κ1) is 24.1. The van der Waals surface area contributed by atoms with Gasteiger partial charge in [0.1, 0.15) is 0 Å². The van der Waals surface area contributed by atoms with Crippen molar-refractivity contribution < 1.29 is 38.7 Å². The van der Waals surface area contributed by atoms with Crippen LogP contribution in [0.5, 0.6) is 28.7 Å². The zero-order valence-corrected chi connectivity index (χ0v) is 18.3. The van der Waals surface area contributed by atoms with Gasteiger partial charge in [-0.05, 0) is 48.2 Å². The summed E-state index contributed by atoms with van der Waals surface area (Å²) in [5.41, 5.74) is 1.93. The molecule has 2 atom stereocenters. The van der Waals surface area contributed by atoms with Gasteiger partial charge in [-0.2, -0.15) is 0 Å². The van der Waals surface area contributed by atoms with Gasteiger partial charge in [0.2, 0.25) is 12.5 Å². The number of hydrogen-bond donors (Lipinski definition) is 2. The lowest BCUT2D eigenvalue weighted by Crippen LogP contribution is -2.24. The van der Waals surface area contributed by atoms with Gasteiger partial charge in [-0.15, -0.1) is 0 Å². The van der Waals surface area contributed by atoms with Gasteiger partial charge in [-0.1, -0.05) is 19.9 Å². The van der Waals surface area contributed by atoms with Crippen LogP contribution >= 0.6 is 0 Å². The molecule has 4 rings (SSSR count). The first-order chi connectivity index (χ1) is 15.1. The van der Waals surface area contributed by atoms with Crippen molar-refractivity contribution in [2.24, 2.45) is 5.92 Å². The molecule has 8 heteroatoms. The molecule has 0 saturated heterocycles. The minimum Gasteiger partial charge on any atom is -0.502 e. The number of aliphatic hydroxyl groups excluding tert-OH is 1. The van der Waals surface area contributed by atoms with Crippen LogP contribution in [0, 0.1) is 5.92 Å². The molecule has 0 bridgehead atoms. The van der Waals surface area contributed by atoms with Crippen molar-refractivity contribution in [3.05, 3.63) is 41.5 Å². The summed E-state index contributed by atoms with van der Waals surface area (Å²) in [7, 11) is 2.99. The summed E-state index contributed by atoms with van der Waals surface area (Å²) in [6.45, 7) is 4.90. The van der Waals surface area contributed by atoms with Gasteiger partial charge in [0, 0.05) is 5.92 Å². The molecule has 2 aromatic rings. The van der Waals surface area contributed by atoms with Gasteiger partial charge in [0.25, 0.3) is 6.47 Å². The third-order valence-corrected chi connectivity index (χ3v) is 4.96. The number of rotatable bonds is 5. The number of para-hydroxylation sites is 1. The highest BCUT2D eigenvalue weighted by molar-refractivity contribution is 5.51. The number of carbonyl (C=O) groups is 1. The summed E-state index contributed by atoms with van der Waals surface area (Å²) in [6.07, 6.45) is 1.01. The SMILES string of the molecule is CC.COc1cccc(OC)c1O.O=COCC1CCc2cc3c(cc2C1O)OCO3. The van der Waals surface area contributed by atoms with Crippen LogP contribution in [0.1, 0.15) is 37.5 Å². The normalized spacial score (nSPS) is 17.7. The second kappa shape index (κ2) is 11.9. The van der Waals surface area contributed by atoms with E-state index in [1.54, 1.807) is 18.2 Å². The zero-order valence-electron chi connectivity index (χ0n) is 18.3. The van der Waals surface area contributed by atoms with Gasteiger partial charge in [-0.25, -0.2) is 0 Å². The summed E-state index contributed by atoms with van der Waals surface area (Å²) in [5.74, 6) is 2.24. The molecule has 2 aliphatic rings. The summed E-state index contributed by atoms with van der Waals surface area (Å²) < 4.78 is 25.1. The Kier molecular flexibility index (Phi) is 9.27. The van der Waals surface area contributed by atoms with E-state index in [0.29, 0.717) is 23.7 Å². The van der Waals surface area contributed by atoms with E-state index in [4.69, 9.17) is 23.7 Å². The Morgan fingerprint density at radius 3 is 2.29 bits per heavy atom. The summed E-state index contributed by atoms with van der Waals surface area (Å²) in [6, 6.07) is 8.83. The predicted molar refractivity (Wildman–Crippen MR) is 114 cm³/mol. The molecule has 2 unspecified atom stereocenters. The first-order valence-corrected chi connectivity index (χ1v) is 10.1. The molecule has 8 nitrogen and oxygen atoms in total. The number of aromatic hydroxyl groups is 1. The van der Waals surface area contributed by atoms with Crippen LogP contribution in [0.15, 0.2) is 30.3 Å². The molecule has 0 aromatic heterocycles. The highest BCUT2D eigenvalue weighted by Crippen LogP contribution is 2.42. The smallest absolute Gasteiger partial charge is 0.293 e. The maximum absolute atomic E-state index is 10.3. The Morgan fingerprint density at radius 2 is 1.71 bits per heavy atom. The summed E-state index contributed by atoms with van der Waals surface area (Å²) in [4.78, 5) is 10.2. The second-order valence-electron chi connectivity index (χ2n) is 6.59. The molecule has 2 aromatic carbocycles. The number of phenolic OH excluding ortho intramolecular Hbond substituents is 1. The number of aliphatic hydroxyl groups is 1. The summed E-state index contributed by atoms with van der Waals surface area (Å²) >= 11 is 0. The fourth-order valence-corrected chi connectivity index (χ4v) is 3.41. The lowest BCUT2D eigenvalue weighted by Gasteiger charge is -2.29. The van der Waals surface area contributed by atoms with E-state index in [-0.39, 0.29) is 25.1 Å². The van der Waals surface area contributed by atoms with Crippen molar-refractivity contribution in [1.82, 2.24) is 0 Å². The van der Waals surface area contributed by atoms with Crippen LogP contribution < -0.4 is 18.9 Å². The molecule has 1 heterocycles. The standard InChI is InChI=1S/C13H14O5.C8H10O3.C2H6/c14-6-16-5-9-2-1-8-3-11-12(18-7-17-11)4-10(8)13(9)15;1-10-6-4-3-5-7(11-2)8(6)9;1-2/h3-4,6,9,13,15H,1-2,5,7H2;3-5,9H,1-2H3;1-2H3. The van der Waals surface area contributed by atoms with E-state index in [2.05, 4.69) is 0 Å². The maximum Gasteiger partial charge on any atom is 0.293 e. The number of aryl methyl sites for hydroxylation is 1. The zero-order chi connectivity index (χ0) is 22.8. The summed E-state index contributed by atoms with van der Waals surface area (Å²) in [5, 5.41) is 19.6. The molecule has 0 spiro atoms. The van der Waals surface area contributed by atoms with Crippen LogP contribution in [0.4, 0.5) is 0 Å². The fraction of sp³-hybridized carbons (Fsp3) is 0.435. The van der Waals surface area contributed by atoms with Crippen LogP contribution in [0.2, 0.25) is 0 Å². The van der Waals surface area contributed by atoms with Crippen molar-refractivity contribution in [3.63, 3.8) is 0 Å². The quantitative estimate of drug-likeness (QED) is 0.688.